The van der Waals surface area contributed by atoms with Crippen molar-refractivity contribution in [3.05, 3.63) is 11.1 Å². The fourth-order valence-corrected chi connectivity index (χ4v) is 2.87. The highest BCUT2D eigenvalue weighted by Crippen LogP contribution is 2.61. The highest BCUT2D eigenvalue weighted by molar-refractivity contribution is 5.38. The molecule has 0 bridgehead atoms. The molecule has 0 aromatic rings. The number of allylic oxidation sites excluding steroid dienone is 2. The number of hydrogen-bond acceptors (Lipinski definition) is 0. The summed E-state index contributed by atoms with van der Waals surface area (Å²) in [6, 6.07) is 0. The first-order valence-electron chi connectivity index (χ1n) is 7.84. The Balaban J connectivity index is 2.70. The molecule has 1 rings (SSSR count). The van der Waals surface area contributed by atoms with E-state index >= 15 is 0 Å². The smallest absolute Gasteiger partial charge is 0.00501 e. The van der Waals surface area contributed by atoms with E-state index in [0.717, 1.165) is 11.8 Å². The van der Waals surface area contributed by atoms with Crippen LogP contribution in [0.4, 0.5) is 0 Å². The number of hydrogen-bond donors (Lipinski definition) is 0. The molecule has 0 nitrogen and oxygen atoms in total. The lowest BCUT2D eigenvalue weighted by atomic mass is 9.82. The SMILES string of the molecule is CCC1(CCC(C)C(C)C)CC1=C(C)C(C)(C)C. The zero-order valence-electron chi connectivity index (χ0n) is 14.0. The van der Waals surface area contributed by atoms with Gasteiger partial charge in [0.1, 0.15) is 0 Å². The summed E-state index contributed by atoms with van der Waals surface area (Å²) >= 11 is 0. The first-order chi connectivity index (χ1) is 8.14. The van der Waals surface area contributed by atoms with Crippen molar-refractivity contribution >= 4 is 0 Å². The maximum Gasteiger partial charge on any atom is -0.00501 e. The Morgan fingerprint density at radius 3 is 2.17 bits per heavy atom. The van der Waals surface area contributed by atoms with Gasteiger partial charge in [0.05, 0.1) is 0 Å². The summed E-state index contributed by atoms with van der Waals surface area (Å²) < 4.78 is 0. The van der Waals surface area contributed by atoms with Crippen molar-refractivity contribution in [1.82, 2.24) is 0 Å². The van der Waals surface area contributed by atoms with E-state index < -0.39 is 0 Å². The molecular weight excluding hydrogens is 216 g/mol. The van der Waals surface area contributed by atoms with Gasteiger partial charge in [-0.3, -0.25) is 0 Å². The fourth-order valence-electron chi connectivity index (χ4n) is 2.87. The first kappa shape index (κ1) is 15.8. The van der Waals surface area contributed by atoms with Gasteiger partial charge in [-0.1, -0.05) is 59.6 Å². The molecule has 0 heteroatoms. The van der Waals surface area contributed by atoms with Crippen molar-refractivity contribution in [2.45, 2.75) is 81.1 Å². The van der Waals surface area contributed by atoms with Gasteiger partial charge in [-0.25, -0.2) is 0 Å². The lowest BCUT2D eigenvalue weighted by molar-refractivity contribution is 0.333. The normalized spacial score (nSPS) is 28.5. The molecule has 0 aromatic carbocycles. The lowest BCUT2D eigenvalue weighted by Gasteiger charge is -2.23. The van der Waals surface area contributed by atoms with Crippen LogP contribution in [0, 0.1) is 22.7 Å². The second-order valence-corrected chi connectivity index (χ2v) is 7.92. The third-order valence-corrected chi connectivity index (χ3v) is 5.50. The molecule has 2 atom stereocenters. The largest absolute Gasteiger partial charge is 0.0681 e. The van der Waals surface area contributed by atoms with E-state index in [9.17, 15) is 0 Å². The Bertz CT molecular complexity index is 313. The summed E-state index contributed by atoms with van der Waals surface area (Å²) in [5.74, 6) is 1.69. The Morgan fingerprint density at radius 2 is 1.78 bits per heavy atom. The molecule has 0 heterocycles. The highest BCUT2D eigenvalue weighted by Gasteiger charge is 2.48. The van der Waals surface area contributed by atoms with Crippen LogP contribution in [0.15, 0.2) is 11.1 Å². The van der Waals surface area contributed by atoms with Crippen molar-refractivity contribution in [3.8, 4) is 0 Å². The summed E-state index contributed by atoms with van der Waals surface area (Å²) in [4.78, 5) is 0. The van der Waals surface area contributed by atoms with Crippen LogP contribution in [-0.4, -0.2) is 0 Å². The topological polar surface area (TPSA) is 0 Å². The average molecular weight is 250 g/mol. The van der Waals surface area contributed by atoms with Gasteiger partial charge < -0.3 is 0 Å². The van der Waals surface area contributed by atoms with Crippen molar-refractivity contribution in [2.75, 3.05) is 0 Å². The molecule has 0 spiro atoms. The summed E-state index contributed by atoms with van der Waals surface area (Å²) in [5.41, 5.74) is 4.38. The van der Waals surface area contributed by atoms with Gasteiger partial charge in [0.15, 0.2) is 0 Å². The molecule has 0 radical (unpaired) electrons. The van der Waals surface area contributed by atoms with E-state index in [1.807, 2.05) is 0 Å². The molecule has 0 aromatic heterocycles. The second-order valence-electron chi connectivity index (χ2n) is 7.92. The second kappa shape index (κ2) is 5.39. The quantitative estimate of drug-likeness (QED) is 0.508. The molecule has 106 valence electrons. The van der Waals surface area contributed by atoms with E-state index in [1.165, 1.54) is 25.7 Å². The van der Waals surface area contributed by atoms with Gasteiger partial charge in [0, 0.05) is 0 Å². The zero-order valence-corrected chi connectivity index (χ0v) is 14.0. The minimum absolute atomic E-state index is 0.357. The minimum atomic E-state index is 0.357. The van der Waals surface area contributed by atoms with Crippen molar-refractivity contribution in [1.29, 1.82) is 0 Å². The Hall–Kier alpha value is -0.260. The summed E-state index contributed by atoms with van der Waals surface area (Å²) in [6.07, 6.45) is 5.51. The third-order valence-electron chi connectivity index (χ3n) is 5.50. The van der Waals surface area contributed by atoms with Gasteiger partial charge in [-0.05, 0) is 55.3 Å². The van der Waals surface area contributed by atoms with Crippen LogP contribution < -0.4 is 0 Å². The summed E-state index contributed by atoms with van der Waals surface area (Å²) in [6.45, 7) is 18.9. The van der Waals surface area contributed by atoms with E-state index in [1.54, 1.807) is 11.1 Å². The fraction of sp³-hybridized carbons (Fsp3) is 0.889. The van der Waals surface area contributed by atoms with Crippen LogP contribution in [0.25, 0.3) is 0 Å². The monoisotopic (exact) mass is 250 g/mol. The van der Waals surface area contributed by atoms with Crippen LogP contribution in [0.1, 0.15) is 81.1 Å². The van der Waals surface area contributed by atoms with E-state index in [-0.39, 0.29) is 0 Å². The Labute approximate surface area is 115 Å². The summed E-state index contributed by atoms with van der Waals surface area (Å²) in [5, 5.41) is 0. The predicted octanol–water partition coefficient (Wildman–Crippen LogP) is 6.22. The van der Waals surface area contributed by atoms with Crippen molar-refractivity contribution in [3.63, 3.8) is 0 Å². The van der Waals surface area contributed by atoms with Crippen LogP contribution in [-0.2, 0) is 0 Å². The maximum atomic E-state index is 2.41. The highest BCUT2D eigenvalue weighted by atomic mass is 14.5. The van der Waals surface area contributed by atoms with Crippen molar-refractivity contribution in [2.24, 2.45) is 22.7 Å². The van der Waals surface area contributed by atoms with Gasteiger partial charge in [0.2, 0.25) is 0 Å². The number of rotatable bonds is 5. The van der Waals surface area contributed by atoms with Gasteiger partial charge in [-0.2, -0.15) is 0 Å². The van der Waals surface area contributed by atoms with Gasteiger partial charge >= 0.3 is 0 Å². The molecule has 1 saturated carbocycles. The molecule has 1 aliphatic carbocycles. The Kier molecular flexibility index (Phi) is 4.73. The Morgan fingerprint density at radius 1 is 1.22 bits per heavy atom. The zero-order chi connectivity index (χ0) is 14.1. The van der Waals surface area contributed by atoms with E-state index in [2.05, 4.69) is 55.4 Å². The van der Waals surface area contributed by atoms with Crippen LogP contribution in [0.5, 0.6) is 0 Å². The molecule has 0 aliphatic heterocycles. The van der Waals surface area contributed by atoms with Crippen LogP contribution >= 0.6 is 0 Å². The lowest BCUT2D eigenvalue weighted by Crippen LogP contribution is -2.11. The van der Waals surface area contributed by atoms with E-state index in [4.69, 9.17) is 0 Å². The molecule has 2 unspecified atom stereocenters. The molecule has 1 aliphatic rings. The van der Waals surface area contributed by atoms with Gasteiger partial charge in [0.25, 0.3) is 0 Å². The van der Waals surface area contributed by atoms with Crippen molar-refractivity contribution < 1.29 is 0 Å². The molecule has 0 saturated heterocycles. The van der Waals surface area contributed by atoms with E-state index in [0.29, 0.717) is 10.8 Å². The minimum Gasteiger partial charge on any atom is -0.0681 e. The predicted molar refractivity (Wildman–Crippen MR) is 82.7 cm³/mol. The molecule has 0 amide bonds. The summed E-state index contributed by atoms with van der Waals surface area (Å²) in [7, 11) is 0. The molecule has 0 N–H and O–H groups in total. The third kappa shape index (κ3) is 3.39. The van der Waals surface area contributed by atoms with Gasteiger partial charge in [-0.15, -0.1) is 0 Å². The molecule has 1 fully saturated rings. The first-order valence-corrected chi connectivity index (χ1v) is 7.84. The van der Waals surface area contributed by atoms with Crippen LogP contribution in [0.2, 0.25) is 0 Å². The molecule has 18 heavy (non-hydrogen) atoms. The van der Waals surface area contributed by atoms with Crippen LogP contribution in [0.3, 0.4) is 0 Å². The standard InChI is InChI=1S/C18H34/c1-9-18(11-10-14(4)13(2)3)12-16(18)15(5)17(6,7)8/h13-14H,9-12H2,1-8H3. The maximum absolute atomic E-state index is 2.41. The average Bonchev–Trinajstić information content (AvgIpc) is 2.98. The molecular formula is C18H34.